The number of nitrogens with zero attached hydrogens (tertiary/aromatic N) is 2. The van der Waals surface area contributed by atoms with Gasteiger partial charge in [-0.1, -0.05) is 56.7 Å². The molecule has 0 aliphatic carbocycles. The van der Waals surface area contributed by atoms with Gasteiger partial charge in [0.2, 0.25) is 6.10 Å². The molecule has 2 aromatic carbocycles. The molecule has 1 unspecified atom stereocenters. The van der Waals surface area contributed by atoms with E-state index >= 15 is 0 Å². The van der Waals surface area contributed by atoms with E-state index in [1.165, 1.54) is 11.3 Å². The van der Waals surface area contributed by atoms with Crippen LogP contribution in [0, 0.1) is 6.92 Å². The summed E-state index contributed by atoms with van der Waals surface area (Å²) in [6.07, 6.45) is -0.200. The molecular formula is C18H14BrN3O2S. The molecule has 0 bridgehead atoms. The van der Waals surface area contributed by atoms with Crippen LogP contribution in [0.4, 0.5) is 5.13 Å². The number of thiazole rings is 1. The van der Waals surface area contributed by atoms with Gasteiger partial charge in [-0.2, -0.15) is 0 Å². The number of benzene rings is 2. The summed E-state index contributed by atoms with van der Waals surface area (Å²) in [4.78, 5) is 22.3. The zero-order valence-corrected chi connectivity index (χ0v) is 15.7. The van der Waals surface area contributed by atoms with Crippen LogP contribution in [0.5, 0.6) is 0 Å². The molecule has 1 aromatic heterocycles. The van der Waals surface area contributed by atoms with Crippen LogP contribution >= 0.6 is 27.3 Å². The highest BCUT2D eigenvalue weighted by Crippen LogP contribution is 2.28. The molecule has 0 saturated heterocycles. The summed E-state index contributed by atoms with van der Waals surface area (Å²) in [5.41, 5.74) is 3.72. The molecule has 0 spiro atoms. The summed E-state index contributed by atoms with van der Waals surface area (Å²) in [5.74, 6) is -0.231. The van der Waals surface area contributed by atoms with E-state index in [1.807, 2.05) is 49.4 Å². The Morgan fingerprint density at radius 3 is 2.96 bits per heavy atom. The predicted molar refractivity (Wildman–Crippen MR) is 103 cm³/mol. The maximum Gasteiger partial charge on any atom is 0.270 e. The highest BCUT2D eigenvalue weighted by Gasteiger charge is 2.29. The summed E-state index contributed by atoms with van der Waals surface area (Å²) in [7, 11) is 0. The van der Waals surface area contributed by atoms with E-state index in [1.54, 1.807) is 0 Å². The van der Waals surface area contributed by atoms with Gasteiger partial charge < -0.3 is 4.84 Å². The Kier molecular flexibility index (Phi) is 4.27. The van der Waals surface area contributed by atoms with Crippen molar-refractivity contribution >= 4 is 54.2 Å². The van der Waals surface area contributed by atoms with E-state index in [-0.39, 0.29) is 5.91 Å². The number of halogens is 1. The van der Waals surface area contributed by atoms with Crippen LogP contribution in [0.2, 0.25) is 0 Å². The van der Waals surface area contributed by atoms with Gasteiger partial charge in [0.15, 0.2) is 5.13 Å². The standard InChI is InChI=1S/C18H14BrN3O2S/c1-10-4-2-7-15-16(10)20-18(25-15)21-17(23)14-9-13(22-24-14)11-5-3-6-12(19)8-11/h2-8,14H,9H2,1H3,(H,20,21,23). The Balaban J connectivity index is 1.46. The second-order valence-corrected chi connectivity index (χ2v) is 7.72. The van der Waals surface area contributed by atoms with E-state index in [9.17, 15) is 4.79 Å². The van der Waals surface area contributed by atoms with Crippen molar-refractivity contribution in [2.45, 2.75) is 19.4 Å². The Morgan fingerprint density at radius 1 is 1.32 bits per heavy atom. The van der Waals surface area contributed by atoms with Crippen molar-refractivity contribution in [1.29, 1.82) is 0 Å². The smallest absolute Gasteiger partial charge is 0.270 e. The highest BCUT2D eigenvalue weighted by atomic mass is 79.9. The average Bonchev–Trinajstić information content (AvgIpc) is 3.22. The Morgan fingerprint density at radius 2 is 2.16 bits per heavy atom. The molecule has 0 radical (unpaired) electrons. The Bertz CT molecular complexity index is 999. The van der Waals surface area contributed by atoms with Crippen LogP contribution < -0.4 is 5.32 Å². The number of carbonyl (C=O) groups excluding carboxylic acids is 1. The molecule has 1 N–H and O–H groups in total. The number of anilines is 1. The fourth-order valence-electron chi connectivity index (χ4n) is 2.68. The van der Waals surface area contributed by atoms with Gasteiger partial charge >= 0.3 is 0 Å². The number of fused-ring (bicyclic) bond motifs is 1. The lowest BCUT2D eigenvalue weighted by atomic mass is 10.1. The van der Waals surface area contributed by atoms with Crippen LogP contribution in [0.3, 0.4) is 0 Å². The molecule has 25 heavy (non-hydrogen) atoms. The summed E-state index contributed by atoms with van der Waals surface area (Å²) in [6.45, 7) is 2.01. The minimum absolute atomic E-state index is 0.231. The largest absolute Gasteiger partial charge is 0.382 e. The van der Waals surface area contributed by atoms with Crippen molar-refractivity contribution in [1.82, 2.24) is 4.98 Å². The second-order valence-electron chi connectivity index (χ2n) is 5.78. The maximum atomic E-state index is 12.5. The minimum Gasteiger partial charge on any atom is -0.382 e. The van der Waals surface area contributed by atoms with E-state index in [0.29, 0.717) is 11.6 Å². The number of aryl methyl sites for hydroxylation is 1. The lowest BCUT2D eigenvalue weighted by Crippen LogP contribution is -2.27. The first-order chi connectivity index (χ1) is 12.1. The second kappa shape index (κ2) is 6.57. The third kappa shape index (κ3) is 3.29. The van der Waals surface area contributed by atoms with Crippen molar-refractivity contribution in [3.8, 4) is 0 Å². The van der Waals surface area contributed by atoms with E-state index in [2.05, 4.69) is 31.4 Å². The van der Waals surface area contributed by atoms with Crippen molar-refractivity contribution < 1.29 is 9.63 Å². The first-order valence-corrected chi connectivity index (χ1v) is 9.37. The monoisotopic (exact) mass is 415 g/mol. The number of rotatable bonds is 3. The van der Waals surface area contributed by atoms with Crippen molar-refractivity contribution in [3.63, 3.8) is 0 Å². The molecule has 0 fully saturated rings. The Labute approximate surface area is 156 Å². The molecule has 3 aromatic rings. The van der Waals surface area contributed by atoms with Gasteiger partial charge in [0, 0.05) is 16.5 Å². The van der Waals surface area contributed by atoms with Gasteiger partial charge in [-0.3, -0.25) is 10.1 Å². The van der Waals surface area contributed by atoms with Gasteiger partial charge in [0.25, 0.3) is 5.91 Å². The molecule has 5 nitrogen and oxygen atoms in total. The summed E-state index contributed by atoms with van der Waals surface area (Å²) >= 11 is 4.89. The van der Waals surface area contributed by atoms with Gasteiger partial charge in [-0.15, -0.1) is 0 Å². The predicted octanol–water partition coefficient (Wildman–Crippen LogP) is 4.50. The van der Waals surface area contributed by atoms with Crippen LogP contribution in [0.1, 0.15) is 17.5 Å². The molecule has 7 heteroatoms. The number of amides is 1. The maximum absolute atomic E-state index is 12.5. The molecular weight excluding hydrogens is 402 g/mol. The molecule has 0 saturated carbocycles. The molecule has 1 aliphatic rings. The van der Waals surface area contributed by atoms with E-state index < -0.39 is 6.10 Å². The summed E-state index contributed by atoms with van der Waals surface area (Å²) < 4.78 is 2.01. The number of aromatic nitrogens is 1. The SMILES string of the molecule is Cc1cccc2sc(NC(=O)C3CC(c4cccc(Br)c4)=NO3)nc12. The van der Waals surface area contributed by atoms with Gasteiger partial charge in [0.1, 0.15) is 0 Å². The average molecular weight is 416 g/mol. The first-order valence-electron chi connectivity index (χ1n) is 7.76. The van der Waals surface area contributed by atoms with Gasteiger partial charge in [0.05, 0.1) is 15.9 Å². The summed E-state index contributed by atoms with van der Waals surface area (Å²) in [6, 6.07) is 13.8. The fourth-order valence-corrected chi connectivity index (χ4v) is 4.03. The van der Waals surface area contributed by atoms with E-state index in [4.69, 9.17) is 4.84 Å². The minimum atomic E-state index is -0.637. The molecule has 4 rings (SSSR count). The Hall–Kier alpha value is -2.25. The lowest BCUT2D eigenvalue weighted by Gasteiger charge is -2.07. The van der Waals surface area contributed by atoms with Gasteiger partial charge in [-0.25, -0.2) is 4.98 Å². The molecule has 1 aliphatic heterocycles. The quantitative estimate of drug-likeness (QED) is 0.684. The van der Waals surface area contributed by atoms with Crippen LogP contribution in [-0.2, 0) is 9.63 Å². The van der Waals surface area contributed by atoms with Gasteiger partial charge in [-0.05, 0) is 30.7 Å². The molecule has 1 atom stereocenters. The van der Waals surface area contributed by atoms with Crippen molar-refractivity contribution in [2.75, 3.05) is 5.32 Å². The van der Waals surface area contributed by atoms with Crippen molar-refractivity contribution in [2.24, 2.45) is 5.16 Å². The van der Waals surface area contributed by atoms with Crippen LogP contribution in [0.15, 0.2) is 52.1 Å². The number of para-hydroxylation sites is 1. The third-order valence-electron chi connectivity index (χ3n) is 3.97. The van der Waals surface area contributed by atoms with E-state index in [0.717, 1.165) is 31.5 Å². The topological polar surface area (TPSA) is 63.6 Å². The number of nitrogens with one attached hydrogen (secondary N) is 1. The fraction of sp³-hybridized carbons (Fsp3) is 0.167. The molecule has 2 heterocycles. The number of oxime groups is 1. The zero-order valence-electron chi connectivity index (χ0n) is 13.3. The zero-order chi connectivity index (χ0) is 17.4. The molecule has 1 amide bonds. The molecule has 126 valence electrons. The first kappa shape index (κ1) is 16.2. The number of hydrogen-bond donors (Lipinski definition) is 1. The van der Waals surface area contributed by atoms with Crippen LogP contribution in [0.25, 0.3) is 10.2 Å². The van der Waals surface area contributed by atoms with Crippen molar-refractivity contribution in [3.05, 3.63) is 58.1 Å². The van der Waals surface area contributed by atoms with Crippen LogP contribution in [-0.4, -0.2) is 22.7 Å². The number of hydrogen-bond acceptors (Lipinski definition) is 5. The summed E-state index contributed by atoms with van der Waals surface area (Å²) in [5, 5.41) is 7.49. The lowest BCUT2D eigenvalue weighted by molar-refractivity contribution is -0.125. The highest BCUT2D eigenvalue weighted by molar-refractivity contribution is 9.10. The normalized spacial score (nSPS) is 16.6. The number of carbonyl (C=O) groups is 1. The third-order valence-corrected chi connectivity index (χ3v) is 5.40.